The Morgan fingerprint density at radius 3 is 2.50 bits per heavy atom. The van der Waals surface area contributed by atoms with Crippen LogP contribution < -0.4 is 5.32 Å². The molecule has 1 unspecified atom stereocenters. The summed E-state index contributed by atoms with van der Waals surface area (Å²) in [5.41, 5.74) is 2.38. The molecule has 1 atom stereocenters. The fraction of sp³-hybridized carbons (Fsp3) is 0.167. The zero-order valence-electron chi connectivity index (χ0n) is 11.6. The summed E-state index contributed by atoms with van der Waals surface area (Å²) in [6, 6.07) is 22.9. The van der Waals surface area contributed by atoms with Gasteiger partial charge in [0, 0.05) is 11.9 Å². The second-order valence-corrected chi connectivity index (χ2v) is 5.08. The Hall–Kier alpha value is -2.35. The van der Waals surface area contributed by atoms with Crippen LogP contribution in [0.2, 0.25) is 0 Å². The van der Waals surface area contributed by atoms with Crippen LogP contribution in [0.1, 0.15) is 18.4 Å². The number of benzene rings is 2. The van der Waals surface area contributed by atoms with E-state index in [1.807, 2.05) is 24.3 Å². The molecule has 20 heavy (non-hydrogen) atoms. The fourth-order valence-corrected chi connectivity index (χ4v) is 2.32. The summed E-state index contributed by atoms with van der Waals surface area (Å²) >= 11 is 0. The molecule has 0 saturated carbocycles. The first-order chi connectivity index (χ1) is 9.83. The van der Waals surface area contributed by atoms with Crippen molar-refractivity contribution in [1.29, 1.82) is 0 Å². The predicted octanol–water partition coefficient (Wildman–Crippen LogP) is 4.45. The van der Waals surface area contributed by atoms with E-state index in [2.05, 4.69) is 59.7 Å². The molecule has 3 rings (SSSR count). The number of pyridine rings is 1. The molecule has 2 nitrogen and oxygen atoms in total. The van der Waals surface area contributed by atoms with E-state index in [0.717, 1.165) is 17.9 Å². The fourth-order valence-electron chi connectivity index (χ4n) is 2.32. The lowest BCUT2D eigenvalue weighted by atomic mass is 10.0. The second-order valence-electron chi connectivity index (χ2n) is 5.08. The Kier molecular flexibility index (Phi) is 3.64. The normalized spacial score (nSPS) is 12.2. The Bertz CT molecular complexity index is 692. The van der Waals surface area contributed by atoms with Crippen LogP contribution >= 0.6 is 0 Å². The molecule has 1 aromatic heterocycles. The largest absolute Gasteiger partial charge is 0.369 e. The topological polar surface area (TPSA) is 24.9 Å². The first-order valence-corrected chi connectivity index (χ1v) is 6.97. The highest BCUT2D eigenvalue weighted by molar-refractivity contribution is 5.80. The Balaban J connectivity index is 1.70. The first kappa shape index (κ1) is 12.7. The minimum atomic E-state index is 0.462. The summed E-state index contributed by atoms with van der Waals surface area (Å²) in [4.78, 5) is 4.63. The lowest BCUT2D eigenvalue weighted by Gasteiger charge is -2.13. The summed E-state index contributed by atoms with van der Waals surface area (Å²) in [6.07, 6.45) is 0. The van der Waals surface area contributed by atoms with Gasteiger partial charge in [0.2, 0.25) is 0 Å². The van der Waals surface area contributed by atoms with Gasteiger partial charge >= 0.3 is 0 Å². The summed E-state index contributed by atoms with van der Waals surface area (Å²) in [5.74, 6) is 1.40. The van der Waals surface area contributed by atoms with Crippen molar-refractivity contribution < 1.29 is 0 Å². The summed E-state index contributed by atoms with van der Waals surface area (Å²) < 4.78 is 0. The first-order valence-electron chi connectivity index (χ1n) is 6.97. The molecule has 1 heterocycles. The van der Waals surface area contributed by atoms with Crippen LogP contribution in [0.25, 0.3) is 10.9 Å². The van der Waals surface area contributed by atoms with E-state index in [-0.39, 0.29) is 0 Å². The van der Waals surface area contributed by atoms with Crippen LogP contribution in [-0.4, -0.2) is 11.5 Å². The van der Waals surface area contributed by atoms with E-state index in [9.17, 15) is 0 Å². The van der Waals surface area contributed by atoms with Crippen LogP contribution in [0.4, 0.5) is 5.82 Å². The van der Waals surface area contributed by atoms with Crippen LogP contribution in [0.3, 0.4) is 0 Å². The van der Waals surface area contributed by atoms with E-state index in [0.29, 0.717) is 5.92 Å². The third kappa shape index (κ3) is 2.80. The molecular formula is C18H18N2. The van der Waals surface area contributed by atoms with Crippen molar-refractivity contribution in [3.63, 3.8) is 0 Å². The molecule has 1 N–H and O–H groups in total. The van der Waals surface area contributed by atoms with E-state index in [4.69, 9.17) is 0 Å². The molecule has 2 heteroatoms. The number of anilines is 1. The third-order valence-electron chi connectivity index (χ3n) is 3.56. The van der Waals surface area contributed by atoms with Gasteiger partial charge < -0.3 is 5.32 Å². The molecule has 3 aromatic rings. The number of nitrogens with one attached hydrogen (secondary N) is 1. The van der Waals surface area contributed by atoms with Crippen molar-refractivity contribution in [3.05, 3.63) is 72.3 Å². The van der Waals surface area contributed by atoms with Crippen LogP contribution in [0.5, 0.6) is 0 Å². The molecule has 100 valence electrons. The molecule has 0 saturated heterocycles. The van der Waals surface area contributed by atoms with Gasteiger partial charge in [-0.2, -0.15) is 0 Å². The lowest BCUT2D eigenvalue weighted by molar-refractivity contribution is 0.802. The van der Waals surface area contributed by atoms with E-state index >= 15 is 0 Å². The molecule has 2 aromatic carbocycles. The highest BCUT2D eigenvalue weighted by atomic mass is 15.0. The van der Waals surface area contributed by atoms with Crippen molar-refractivity contribution in [2.45, 2.75) is 12.8 Å². The lowest BCUT2D eigenvalue weighted by Crippen LogP contribution is -2.10. The summed E-state index contributed by atoms with van der Waals surface area (Å²) in [5, 5.41) is 4.60. The van der Waals surface area contributed by atoms with Crippen molar-refractivity contribution in [3.8, 4) is 0 Å². The molecule has 0 aliphatic rings. The Morgan fingerprint density at radius 1 is 0.900 bits per heavy atom. The van der Waals surface area contributed by atoms with Gasteiger partial charge in [-0.3, -0.25) is 0 Å². The molecule has 0 aliphatic heterocycles. The van der Waals surface area contributed by atoms with Gasteiger partial charge in [0.25, 0.3) is 0 Å². The highest BCUT2D eigenvalue weighted by Gasteiger charge is 2.05. The number of aromatic nitrogens is 1. The highest BCUT2D eigenvalue weighted by Crippen LogP contribution is 2.17. The average Bonchev–Trinajstić information content (AvgIpc) is 2.53. The zero-order chi connectivity index (χ0) is 13.8. The standard InChI is InChI=1S/C18H18N2/c1-14(15-7-3-2-4-8-15)13-19-18-12-11-16-9-5-6-10-17(16)20-18/h2-12,14H,13H2,1H3,(H,19,20). The number of hydrogen-bond acceptors (Lipinski definition) is 2. The van der Waals surface area contributed by atoms with Gasteiger partial charge in [0.05, 0.1) is 5.52 Å². The number of fused-ring (bicyclic) bond motifs is 1. The second kappa shape index (κ2) is 5.74. The molecule has 0 spiro atoms. The third-order valence-corrected chi connectivity index (χ3v) is 3.56. The minimum absolute atomic E-state index is 0.462. The average molecular weight is 262 g/mol. The summed E-state index contributed by atoms with van der Waals surface area (Å²) in [7, 11) is 0. The smallest absolute Gasteiger partial charge is 0.126 e. The Labute approximate surface area is 119 Å². The maximum Gasteiger partial charge on any atom is 0.126 e. The quantitative estimate of drug-likeness (QED) is 0.751. The van der Waals surface area contributed by atoms with Crippen molar-refractivity contribution in [2.75, 3.05) is 11.9 Å². The van der Waals surface area contributed by atoms with E-state index < -0.39 is 0 Å². The van der Waals surface area contributed by atoms with Crippen LogP contribution in [-0.2, 0) is 0 Å². The Morgan fingerprint density at radius 2 is 1.65 bits per heavy atom. The minimum Gasteiger partial charge on any atom is -0.369 e. The monoisotopic (exact) mass is 262 g/mol. The van der Waals surface area contributed by atoms with Gasteiger partial charge in [-0.25, -0.2) is 4.98 Å². The number of rotatable bonds is 4. The molecular weight excluding hydrogens is 244 g/mol. The SMILES string of the molecule is CC(CNc1ccc2ccccc2n1)c1ccccc1. The predicted molar refractivity (Wildman–Crippen MR) is 85.1 cm³/mol. The van der Waals surface area contributed by atoms with Crippen LogP contribution in [0.15, 0.2) is 66.7 Å². The molecule has 0 fully saturated rings. The summed E-state index contributed by atoms with van der Waals surface area (Å²) in [6.45, 7) is 3.11. The number of hydrogen-bond donors (Lipinski definition) is 1. The van der Waals surface area contributed by atoms with E-state index in [1.165, 1.54) is 10.9 Å². The van der Waals surface area contributed by atoms with Gasteiger partial charge in [0.1, 0.15) is 5.82 Å². The van der Waals surface area contributed by atoms with Gasteiger partial charge in [-0.1, -0.05) is 55.5 Å². The van der Waals surface area contributed by atoms with Gasteiger partial charge in [-0.15, -0.1) is 0 Å². The molecule has 0 amide bonds. The van der Waals surface area contributed by atoms with Gasteiger partial charge in [0.15, 0.2) is 0 Å². The van der Waals surface area contributed by atoms with Gasteiger partial charge in [-0.05, 0) is 29.7 Å². The van der Waals surface area contributed by atoms with E-state index in [1.54, 1.807) is 0 Å². The van der Waals surface area contributed by atoms with Crippen molar-refractivity contribution in [1.82, 2.24) is 4.98 Å². The number of nitrogens with zero attached hydrogens (tertiary/aromatic N) is 1. The van der Waals surface area contributed by atoms with Crippen molar-refractivity contribution >= 4 is 16.7 Å². The van der Waals surface area contributed by atoms with Crippen molar-refractivity contribution in [2.24, 2.45) is 0 Å². The maximum absolute atomic E-state index is 4.63. The van der Waals surface area contributed by atoms with Crippen LogP contribution in [0, 0.1) is 0 Å². The molecule has 0 bridgehead atoms. The molecule has 0 aliphatic carbocycles. The number of para-hydroxylation sites is 1. The maximum atomic E-state index is 4.63. The molecule has 0 radical (unpaired) electrons. The zero-order valence-corrected chi connectivity index (χ0v) is 11.6.